The highest BCUT2D eigenvalue weighted by atomic mass is 32.2. The third kappa shape index (κ3) is 2.75. The van der Waals surface area contributed by atoms with Crippen molar-refractivity contribution in [3.63, 3.8) is 0 Å². The maximum atomic E-state index is 13.2. The first-order valence-corrected chi connectivity index (χ1v) is 9.95. The summed E-state index contributed by atoms with van der Waals surface area (Å²) in [4.78, 5) is 24.5. The second-order valence-electron chi connectivity index (χ2n) is 6.48. The molecule has 1 aliphatic carbocycles. The Morgan fingerprint density at radius 3 is 2.29 bits per heavy atom. The number of benzene rings is 2. The largest absolute Gasteiger partial charge is 0.290 e. The van der Waals surface area contributed by atoms with Crippen LogP contribution in [-0.2, 0) is 19.6 Å². The molecule has 0 spiro atoms. The molecule has 2 aliphatic rings. The molecule has 4 rings (SSSR count). The fourth-order valence-corrected chi connectivity index (χ4v) is 4.97. The molecule has 7 heteroatoms. The van der Waals surface area contributed by atoms with Crippen molar-refractivity contribution in [2.24, 2.45) is 5.92 Å². The van der Waals surface area contributed by atoms with Crippen molar-refractivity contribution >= 4 is 27.2 Å². The zero-order valence-corrected chi connectivity index (χ0v) is 15.3. The van der Waals surface area contributed by atoms with E-state index in [9.17, 15) is 18.0 Å². The first kappa shape index (κ1) is 17.9. The summed E-state index contributed by atoms with van der Waals surface area (Å²) in [7, 11) is -3.98. The summed E-state index contributed by atoms with van der Waals surface area (Å²) in [5.41, 5.74) is 1.52. The third-order valence-corrected chi connectivity index (χ3v) is 6.64. The van der Waals surface area contributed by atoms with Gasteiger partial charge < -0.3 is 0 Å². The molecule has 1 aliphatic heterocycles. The van der Waals surface area contributed by atoms with E-state index >= 15 is 0 Å². The Morgan fingerprint density at radius 2 is 1.64 bits per heavy atom. The lowest BCUT2D eigenvalue weighted by molar-refractivity contribution is -0.136. The summed E-state index contributed by atoms with van der Waals surface area (Å²) in [6, 6.07) is 15.6. The number of sulfonamides is 1. The van der Waals surface area contributed by atoms with Crippen molar-refractivity contribution in [3.8, 4) is 6.07 Å². The number of rotatable bonds is 3. The second-order valence-corrected chi connectivity index (χ2v) is 8.32. The number of nitriles is 1. The summed E-state index contributed by atoms with van der Waals surface area (Å²) in [6.45, 7) is 0. The number of Topliss-reactive ketones (excluding diaryl/α,β-unsaturated/α-hetero) is 1. The molecule has 0 aromatic heterocycles. The van der Waals surface area contributed by atoms with Gasteiger partial charge in [0.05, 0.1) is 28.5 Å². The van der Waals surface area contributed by atoms with Gasteiger partial charge in [0, 0.05) is 6.20 Å². The van der Waals surface area contributed by atoms with Crippen molar-refractivity contribution in [1.82, 2.24) is 4.31 Å². The van der Waals surface area contributed by atoms with Crippen LogP contribution in [0.3, 0.4) is 0 Å². The zero-order chi connectivity index (χ0) is 19.9. The molecule has 6 nitrogen and oxygen atoms in total. The number of carbonyl (C=O) groups excluding carboxylic acids is 2. The average molecular weight is 390 g/mol. The fraction of sp³-hybridized carbons (Fsp3) is 0.0952. The van der Waals surface area contributed by atoms with Crippen LogP contribution in [-0.4, -0.2) is 30.3 Å². The van der Waals surface area contributed by atoms with Crippen molar-refractivity contribution < 1.29 is 18.0 Å². The van der Waals surface area contributed by atoms with Gasteiger partial charge in [0.25, 0.3) is 10.0 Å². The molecule has 0 radical (unpaired) electrons. The standard InChI is InChI=1S/C21H14N2O4S/c22-12-14-6-8-16(9-7-14)28(26,27)23-13-17(15-4-2-1-3-5-15)20-18(23)10-11-19(24)21(20)25/h1-11,13,18,20H. The van der Waals surface area contributed by atoms with Crippen molar-refractivity contribution in [2.75, 3.05) is 0 Å². The highest BCUT2D eigenvalue weighted by Crippen LogP contribution is 2.41. The smallest absolute Gasteiger partial charge is 0.264 e. The first-order chi connectivity index (χ1) is 13.4. The lowest BCUT2D eigenvalue weighted by Gasteiger charge is -2.28. The molecule has 0 amide bonds. The van der Waals surface area contributed by atoms with E-state index in [1.165, 1.54) is 36.5 Å². The minimum Gasteiger partial charge on any atom is -0.290 e. The normalized spacial score (nSPS) is 21.2. The maximum Gasteiger partial charge on any atom is 0.264 e. The molecular formula is C21H14N2O4S. The number of carbonyl (C=O) groups is 2. The van der Waals surface area contributed by atoms with E-state index < -0.39 is 33.5 Å². The van der Waals surface area contributed by atoms with Crippen LogP contribution in [0.4, 0.5) is 0 Å². The Kier molecular flexibility index (Phi) is 4.21. The molecule has 28 heavy (non-hydrogen) atoms. The highest BCUT2D eigenvalue weighted by molar-refractivity contribution is 7.89. The summed E-state index contributed by atoms with van der Waals surface area (Å²) < 4.78 is 27.6. The zero-order valence-electron chi connectivity index (χ0n) is 14.5. The Morgan fingerprint density at radius 1 is 0.964 bits per heavy atom. The van der Waals surface area contributed by atoms with E-state index in [-0.39, 0.29) is 4.90 Å². The molecule has 0 N–H and O–H groups in total. The Hall–Kier alpha value is -3.50. The maximum absolute atomic E-state index is 13.2. The molecule has 1 heterocycles. The van der Waals surface area contributed by atoms with Gasteiger partial charge >= 0.3 is 0 Å². The Balaban J connectivity index is 1.84. The highest BCUT2D eigenvalue weighted by Gasteiger charge is 2.47. The number of nitrogens with zero attached hydrogens (tertiary/aromatic N) is 2. The lowest BCUT2D eigenvalue weighted by Crippen LogP contribution is -2.42. The minimum absolute atomic E-state index is 0.00793. The van der Waals surface area contributed by atoms with Gasteiger partial charge in [0.2, 0.25) is 11.6 Å². The van der Waals surface area contributed by atoms with Crippen LogP contribution in [0.15, 0.2) is 77.8 Å². The summed E-state index contributed by atoms with van der Waals surface area (Å²) in [5.74, 6) is -2.14. The first-order valence-electron chi connectivity index (χ1n) is 8.51. The quantitative estimate of drug-likeness (QED) is 0.750. The fourth-order valence-electron chi connectivity index (χ4n) is 3.49. The van der Waals surface area contributed by atoms with Gasteiger partial charge in [-0.05, 0) is 41.5 Å². The predicted octanol–water partition coefficient (Wildman–Crippen LogP) is 2.30. The molecule has 0 saturated heterocycles. The third-order valence-electron chi connectivity index (χ3n) is 4.87. The molecule has 0 saturated carbocycles. The van der Waals surface area contributed by atoms with Gasteiger partial charge in [0.15, 0.2) is 0 Å². The second kappa shape index (κ2) is 6.59. The Labute approximate surface area is 162 Å². The number of hydrogen-bond acceptors (Lipinski definition) is 5. The van der Waals surface area contributed by atoms with Crippen LogP contribution in [0.1, 0.15) is 11.1 Å². The number of allylic oxidation sites excluding steroid dienone is 1. The SMILES string of the molecule is N#Cc1ccc(S(=O)(=O)N2C=C(c3ccccc3)C3C(=O)C(=O)C=CC32)cc1. The van der Waals surface area contributed by atoms with Crippen molar-refractivity contribution in [2.45, 2.75) is 10.9 Å². The molecule has 2 aromatic rings. The van der Waals surface area contributed by atoms with Crippen molar-refractivity contribution in [1.29, 1.82) is 5.26 Å². The van der Waals surface area contributed by atoms with Gasteiger partial charge in [-0.2, -0.15) is 5.26 Å². The van der Waals surface area contributed by atoms with Crippen LogP contribution < -0.4 is 0 Å². The van der Waals surface area contributed by atoms with Crippen LogP contribution in [0, 0.1) is 17.2 Å². The monoisotopic (exact) mass is 390 g/mol. The van der Waals surface area contributed by atoms with Crippen molar-refractivity contribution in [3.05, 3.63) is 84.1 Å². The van der Waals surface area contributed by atoms with Gasteiger partial charge in [0.1, 0.15) is 0 Å². The molecule has 0 fully saturated rings. The van der Waals surface area contributed by atoms with E-state index in [2.05, 4.69) is 0 Å². The molecule has 138 valence electrons. The van der Waals surface area contributed by atoms with Gasteiger partial charge in [-0.1, -0.05) is 36.4 Å². The van der Waals surface area contributed by atoms with E-state index in [4.69, 9.17) is 5.26 Å². The van der Waals surface area contributed by atoms with Gasteiger partial charge in [-0.3, -0.25) is 13.9 Å². The van der Waals surface area contributed by atoms with E-state index in [0.29, 0.717) is 16.7 Å². The molecular weight excluding hydrogens is 376 g/mol. The average Bonchev–Trinajstić information content (AvgIpc) is 3.12. The minimum atomic E-state index is -3.98. The number of fused-ring (bicyclic) bond motifs is 1. The number of ketones is 2. The summed E-state index contributed by atoms with van der Waals surface area (Å²) in [5, 5.41) is 8.91. The van der Waals surface area contributed by atoms with Gasteiger partial charge in [-0.15, -0.1) is 0 Å². The van der Waals surface area contributed by atoms with E-state index in [0.717, 1.165) is 10.4 Å². The molecule has 0 bridgehead atoms. The Bertz CT molecular complexity index is 1170. The van der Waals surface area contributed by atoms with E-state index in [1.54, 1.807) is 24.3 Å². The van der Waals surface area contributed by atoms with Crippen LogP contribution in [0.2, 0.25) is 0 Å². The molecule has 2 aromatic carbocycles. The summed E-state index contributed by atoms with van der Waals surface area (Å²) in [6.07, 6.45) is 4.02. The van der Waals surface area contributed by atoms with Crippen LogP contribution >= 0.6 is 0 Å². The molecule has 2 atom stereocenters. The van der Waals surface area contributed by atoms with Gasteiger partial charge in [-0.25, -0.2) is 8.42 Å². The number of hydrogen-bond donors (Lipinski definition) is 0. The van der Waals surface area contributed by atoms with Crippen LogP contribution in [0.25, 0.3) is 5.57 Å². The lowest BCUT2D eigenvalue weighted by atomic mass is 9.82. The predicted molar refractivity (Wildman–Crippen MR) is 101 cm³/mol. The van der Waals surface area contributed by atoms with E-state index in [1.807, 2.05) is 12.1 Å². The topological polar surface area (TPSA) is 95.3 Å². The van der Waals surface area contributed by atoms with Crippen LogP contribution in [0.5, 0.6) is 0 Å². The summed E-state index contributed by atoms with van der Waals surface area (Å²) >= 11 is 0. The molecule has 2 unspecified atom stereocenters.